The molecule has 0 aliphatic heterocycles. The van der Waals surface area contributed by atoms with Crippen LogP contribution in [-0.2, 0) is 5.41 Å². The molecule has 106 valence electrons. The third-order valence-corrected chi connectivity index (χ3v) is 2.83. The van der Waals surface area contributed by atoms with Gasteiger partial charge in [0, 0.05) is 11.5 Å². The van der Waals surface area contributed by atoms with Crippen molar-refractivity contribution in [3.05, 3.63) is 41.7 Å². The summed E-state index contributed by atoms with van der Waals surface area (Å²) in [4.78, 5) is 8.82. The molecule has 0 atom stereocenters. The molecule has 0 saturated carbocycles. The lowest BCUT2D eigenvalue weighted by atomic mass is 9.96. The average molecular weight is 272 g/mol. The number of benzene rings is 1. The Kier molecular flexibility index (Phi) is 3.90. The Labute approximate surface area is 119 Å². The summed E-state index contributed by atoms with van der Waals surface area (Å²) in [6.07, 6.45) is 0. The Morgan fingerprint density at radius 1 is 1.15 bits per heavy atom. The van der Waals surface area contributed by atoms with E-state index in [1.807, 2.05) is 52.0 Å². The van der Waals surface area contributed by atoms with Crippen molar-refractivity contribution >= 4 is 5.82 Å². The third kappa shape index (κ3) is 3.24. The van der Waals surface area contributed by atoms with Crippen molar-refractivity contribution < 1.29 is 4.74 Å². The van der Waals surface area contributed by atoms with Gasteiger partial charge in [0.15, 0.2) is 0 Å². The van der Waals surface area contributed by atoms with Crippen molar-refractivity contribution in [1.82, 2.24) is 9.97 Å². The summed E-state index contributed by atoms with van der Waals surface area (Å²) in [7, 11) is 0. The van der Waals surface area contributed by atoms with Gasteiger partial charge in [0.1, 0.15) is 17.4 Å². The predicted molar refractivity (Wildman–Crippen MR) is 79.8 cm³/mol. The molecule has 0 radical (unpaired) electrons. The maximum Gasteiger partial charge on any atom is 0.224 e. The number of nitrogens with two attached hydrogens (primary N) is 1. The number of hydrazine groups is 1. The second kappa shape index (κ2) is 5.46. The summed E-state index contributed by atoms with van der Waals surface area (Å²) in [6, 6.07) is 9.47. The number of hydrogen-bond donors (Lipinski definition) is 2. The highest BCUT2D eigenvalue weighted by molar-refractivity contribution is 5.41. The molecular formula is C15H20N4O. The molecule has 0 amide bonds. The lowest BCUT2D eigenvalue weighted by molar-refractivity contribution is 0.443. The molecule has 1 heterocycles. The fourth-order valence-corrected chi connectivity index (χ4v) is 1.67. The van der Waals surface area contributed by atoms with E-state index in [-0.39, 0.29) is 5.41 Å². The molecule has 0 fully saturated rings. The number of para-hydroxylation sites is 1. The first-order valence-corrected chi connectivity index (χ1v) is 6.50. The van der Waals surface area contributed by atoms with Crippen molar-refractivity contribution in [3.8, 4) is 11.6 Å². The highest BCUT2D eigenvalue weighted by Crippen LogP contribution is 2.27. The molecule has 20 heavy (non-hydrogen) atoms. The zero-order valence-electron chi connectivity index (χ0n) is 12.3. The zero-order valence-corrected chi connectivity index (χ0v) is 12.3. The molecule has 0 unspecified atom stereocenters. The van der Waals surface area contributed by atoms with Crippen LogP contribution in [0.1, 0.15) is 32.2 Å². The quantitative estimate of drug-likeness (QED) is 0.663. The Hall–Kier alpha value is -2.14. The highest BCUT2D eigenvalue weighted by Gasteiger charge is 2.19. The van der Waals surface area contributed by atoms with Gasteiger partial charge in [0.2, 0.25) is 5.88 Å². The first kappa shape index (κ1) is 14.3. The first-order valence-electron chi connectivity index (χ1n) is 6.50. The Morgan fingerprint density at radius 2 is 1.85 bits per heavy atom. The number of nitrogen functional groups attached to an aromatic ring is 1. The van der Waals surface area contributed by atoms with E-state index in [4.69, 9.17) is 10.6 Å². The minimum Gasteiger partial charge on any atom is -0.439 e. The molecule has 0 aliphatic carbocycles. The normalized spacial score (nSPS) is 11.2. The van der Waals surface area contributed by atoms with E-state index >= 15 is 0 Å². The molecule has 5 nitrogen and oxygen atoms in total. The van der Waals surface area contributed by atoms with E-state index < -0.39 is 0 Å². The maximum absolute atomic E-state index is 5.84. The minimum atomic E-state index is -0.184. The summed E-state index contributed by atoms with van der Waals surface area (Å²) in [5, 5.41) is 0. The number of rotatable bonds is 3. The average Bonchev–Trinajstić information content (AvgIpc) is 2.40. The number of anilines is 1. The molecule has 1 aromatic heterocycles. The van der Waals surface area contributed by atoms with Gasteiger partial charge in [0.05, 0.1) is 0 Å². The topological polar surface area (TPSA) is 73.1 Å². The van der Waals surface area contributed by atoms with Gasteiger partial charge < -0.3 is 10.2 Å². The van der Waals surface area contributed by atoms with E-state index in [2.05, 4.69) is 15.4 Å². The van der Waals surface area contributed by atoms with Gasteiger partial charge in [-0.3, -0.25) is 0 Å². The largest absolute Gasteiger partial charge is 0.439 e. The van der Waals surface area contributed by atoms with Gasteiger partial charge in [-0.25, -0.2) is 10.8 Å². The Bertz CT molecular complexity index is 605. The molecule has 3 N–H and O–H groups in total. The second-order valence-corrected chi connectivity index (χ2v) is 5.68. The molecule has 0 saturated heterocycles. The van der Waals surface area contributed by atoms with E-state index in [0.717, 1.165) is 11.3 Å². The fraction of sp³-hybridized carbons (Fsp3) is 0.333. The smallest absolute Gasteiger partial charge is 0.224 e. The lowest BCUT2D eigenvalue weighted by Gasteiger charge is -2.18. The van der Waals surface area contributed by atoms with Crippen molar-refractivity contribution in [2.45, 2.75) is 33.1 Å². The van der Waals surface area contributed by atoms with Crippen LogP contribution >= 0.6 is 0 Å². The monoisotopic (exact) mass is 272 g/mol. The number of nitrogens with zero attached hydrogens (tertiary/aromatic N) is 2. The molecule has 2 rings (SSSR count). The Balaban J connectivity index is 2.39. The molecule has 5 heteroatoms. The van der Waals surface area contributed by atoms with Crippen LogP contribution in [0.2, 0.25) is 0 Å². The van der Waals surface area contributed by atoms with Crippen molar-refractivity contribution in [2.75, 3.05) is 5.43 Å². The predicted octanol–water partition coefficient (Wildman–Crippen LogP) is 3.16. The number of nitrogens with one attached hydrogen (secondary N) is 1. The molecule has 0 bridgehead atoms. The van der Waals surface area contributed by atoms with Gasteiger partial charge in [-0.2, -0.15) is 4.98 Å². The van der Waals surface area contributed by atoms with E-state index in [9.17, 15) is 0 Å². The number of aromatic nitrogens is 2. The zero-order chi connectivity index (χ0) is 14.8. The van der Waals surface area contributed by atoms with Gasteiger partial charge in [-0.1, -0.05) is 39.0 Å². The van der Waals surface area contributed by atoms with Crippen LogP contribution in [0.3, 0.4) is 0 Å². The number of aryl methyl sites for hydroxylation is 1. The standard InChI is InChI=1S/C15H20N4O/c1-10-7-5-6-8-11(10)20-13-9-12(19-16)17-14(18-13)15(2,3)4/h5-9H,16H2,1-4H3,(H,17,18,19). The molecule has 1 aromatic carbocycles. The first-order chi connectivity index (χ1) is 9.40. The number of ether oxygens (including phenoxy) is 1. The van der Waals surface area contributed by atoms with Gasteiger partial charge in [-0.05, 0) is 18.6 Å². The van der Waals surface area contributed by atoms with Crippen LogP contribution in [-0.4, -0.2) is 9.97 Å². The third-order valence-electron chi connectivity index (χ3n) is 2.83. The van der Waals surface area contributed by atoms with Crippen LogP contribution in [0, 0.1) is 6.92 Å². The lowest BCUT2D eigenvalue weighted by Crippen LogP contribution is -2.19. The summed E-state index contributed by atoms with van der Waals surface area (Å²) in [6.45, 7) is 8.11. The van der Waals surface area contributed by atoms with Crippen LogP contribution in [0.25, 0.3) is 0 Å². The van der Waals surface area contributed by atoms with Crippen molar-refractivity contribution in [3.63, 3.8) is 0 Å². The van der Waals surface area contributed by atoms with Crippen molar-refractivity contribution in [1.29, 1.82) is 0 Å². The van der Waals surface area contributed by atoms with Crippen molar-refractivity contribution in [2.24, 2.45) is 5.84 Å². The molecule has 0 aliphatic rings. The minimum absolute atomic E-state index is 0.184. The molecular weight excluding hydrogens is 252 g/mol. The summed E-state index contributed by atoms with van der Waals surface area (Å²) >= 11 is 0. The van der Waals surface area contributed by atoms with Gasteiger partial charge >= 0.3 is 0 Å². The van der Waals surface area contributed by atoms with E-state index in [1.54, 1.807) is 6.07 Å². The van der Waals surface area contributed by atoms with Crippen LogP contribution in [0.15, 0.2) is 30.3 Å². The summed E-state index contributed by atoms with van der Waals surface area (Å²) < 4.78 is 5.84. The second-order valence-electron chi connectivity index (χ2n) is 5.68. The highest BCUT2D eigenvalue weighted by atomic mass is 16.5. The molecule has 2 aromatic rings. The van der Waals surface area contributed by atoms with Gasteiger partial charge in [-0.15, -0.1) is 0 Å². The maximum atomic E-state index is 5.84. The van der Waals surface area contributed by atoms with Crippen LogP contribution < -0.4 is 16.0 Å². The summed E-state index contributed by atoms with van der Waals surface area (Å²) in [5.74, 6) is 7.92. The van der Waals surface area contributed by atoms with E-state index in [1.165, 1.54) is 0 Å². The molecule has 0 spiro atoms. The van der Waals surface area contributed by atoms with Gasteiger partial charge in [0.25, 0.3) is 0 Å². The van der Waals surface area contributed by atoms with Crippen LogP contribution in [0.4, 0.5) is 5.82 Å². The fourth-order valence-electron chi connectivity index (χ4n) is 1.67. The Morgan fingerprint density at radius 3 is 2.45 bits per heavy atom. The van der Waals surface area contributed by atoms with E-state index in [0.29, 0.717) is 17.5 Å². The van der Waals surface area contributed by atoms with Crippen LogP contribution in [0.5, 0.6) is 11.6 Å². The summed E-state index contributed by atoms with van der Waals surface area (Å²) in [5.41, 5.74) is 3.41. The SMILES string of the molecule is Cc1ccccc1Oc1cc(NN)nc(C(C)(C)C)n1. The number of hydrogen-bond acceptors (Lipinski definition) is 5.